The molecule has 0 amide bonds. The molecule has 1 aromatic rings. The smallest absolute Gasteiger partial charge is 0.0474 e. The van der Waals surface area contributed by atoms with Crippen LogP contribution < -0.4 is 4.90 Å². The van der Waals surface area contributed by atoms with E-state index in [-0.39, 0.29) is 0 Å². The van der Waals surface area contributed by atoms with Crippen molar-refractivity contribution in [3.05, 3.63) is 29.8 Å². The van der Waals surface area contributed by atoms with Gasteiger partial charge in [0.15, 0.2) is 0 Å². The number of alkyl halides is 1. The van der Waals surface area contributed by atoms with Crippen LogP contribution in [-0.2, 0) is 5.88 Å². The molecular weight excluding hydrogens is 232 g/mol. The zero-order valence-corrected chi connectivity index (χ0v) is 11.3. The lowest BCUT2D eigenvalue weighted by Crippen LogP contribution is -2.46. The summed E-state index contributed by atoms with van der Waals surface area (Å²) in [5.74, 6) is 0.602. The Bertz CT molecular complexity index is 329. The van der Waals surface area contributed by atoms with Gasteiger partial charge < -0.3 is 4.90 Å². The molecule has 94 valence electrons. The maximum absolute atomic E-state index is 5.80. The molecule has 0 aromatic heterocycles. The third-order valence-electron chi connectivity index (χ3n) is 3.37. The lowest BCUT2D eigenvalue weighted by molar-refractivity contribution is 0.258. The number of hydrogen-bond donors (Lipinski definition) is 0. The molecule has 0 atom stereocenters. The molecule has 0 aliphatic carbocycles. The molecule has 1 saturated heterocycles. The van der Waals surface area contributed by atoms with E-state index in [4.69, 9.17) is 11.6 Å². The van der Waals surface area contributed by atoms with Gasteiger partial charge in [0, 0.05) is 37.7 Å². The Morgan fingerprint density at radius 2 is 1.71 bits per heavy atom. The third kappa shape index (κ3) is 3.36. The first-order valence-corrected chi connectivity index (χ1v) is 6.99. The molecule has 2 rings (SSSR count). The number of rotatable bonds is 4. The number of nitrogens with zero attached hydrogens (tertiary/aromatic N) is 2. The van der Waals surface area contributed by atoms with Crippen molar-refractivity contribution < 1.29 is 0 Å². The maximum atomic E-state index is 5.80. The molecule has 1 fully saturated rings. The zero-order valence-electron chi connectivity index (χ0n) is 10.5. The van der Waals surface area contributed by atoms with Crippen molar-refractivity contribution >= 4 is 17.3 Å². The van der Waals surface area contributed by atoms with Crippen molar-refractivity contribution in [1.29, 1.82) is 0 Å². The van der Waals surface area contributed by atoms with Crippen molar-refractivity contribution in [2.75, 3.05) is 37.6 Å². The van der Waals surface area contributed by atoms with Gasteiger partial charge in [-0.05, 0) is 30.7 Å². The van der Waals surface area contributed by atoms with Crippen LogP contribution >= 0.6 is 11.6 Å². The molecule has 0 unspecified atom stereocenters. The highest BCUT2D eigenvalue weighted by Gasteiger charge is 2.15. The van der Waals surface area contributed by atoms with Crippen LogP contribution in [-0.4, -0.2) is 37.6 Å². The quantitative estimate of drug-likeness (QED) is 0.761. The normalized spacial score (nSPS) is 17.4. The predicted octanol–water partition coefficient (Wildman–Crippen LogP) is 2.96. The molecule has 2 nitrogen and oxygen atoms in total. The van der Waals surface area contributed by atoms with Gasteiger partial charge in [-0.3, -0.25) is 4.90 Å². The summed E-state index contributed by atoms with van der Waals surface area (Å²) in [6.07, 6.45) is 1.25. The number of hydrogen-bond acceptors (Lipinski definition) is 2. The van der Waals surface area contributed by atoms with Crippen LogP contribution in [0, 0.1) is 0 Å². The first kappa shape index (κ1) is 12.7. The second-order valence-corrected chi connectivity index (χ2v) is 4.90. The number of piperazine rings is 1. The van der Waals surface area contributed by atoms with E-state index in [2.05, 4.69) is 41.0 Å². The summed E-state index contributed by atoms with van der Waals surface area (Å²) in [6, 6.07) is 8.63. The first-order valence-electron chi connectivity index (χ1n) is 6.45. The van der Waals surface area contributed by atoms with Crippen LogP contribution in [0.25, 0.3) is 0 Å². The number of benzene rings is 1. The Balaban J connectivity index is 1.91. The molecule has 0 bridgehead atoms. The molecule has 17 heavy (non-hydrogen) atoms. The van der Waals surface area contributed by atoms with E-state index in [1.807, 2.05) is 0 Å². The Labute approximate surface area is 109 Å². The third-order valence-corrected chi connectivity index (χ3v) is 3.68. The van der Waals surface area contributed by atoms with Gasteiger partial charge in [-0.15, -0.1) is 11.6 Å². The first-order chi connectivity index (χ1) is 8.33. The van der Waals surface area contributed by atoms with E-state index in [1.165, 1.54) is 37.3 Å². The van der Waals surface area contributed by atoms with Crippen LogP contribution in [0.2, 0.25) is 0 Å². The zero-order chi connectivity index (χ0) is 12.1. The predicted molar refractivity (Wildman–Crippen MR) is 74.9 cm³/mol. The topological polar surface area (TPSA) is 6.48 Å². The molecule has 1 aliphatic rings. The van der Waals surface area contributed by atoms with Gasteiger partial charge in [0.05, 0.1) is 0 Å². The highest BCUT2D eigenvalue weighted by atomic mass is 35.5. The van der Waals surface area contributed by atoms with E-state index in [1.54, 1.807) is 0 Å². The summed E-state index contributed by atoms with van der Waals surface area (Å²) in [5, 5.41) is 0. The van der Waals surface area contributed by atoms with Crippen molar-refractivity contribution in [3.8, 4) is 0 Å². The average molecular weight is 253 g/mol. The fourth-order valence-corrected chi connectivity index (χ4v) is 2.52. The Hall–Kier alpha value is -0.730. The second kappa shape index (κ2) is 6.27. The van der Waals surface area contributed by atoms with Gasteiger partial charge in [-0.2, -0.15) is 0 Å². The van der Waals surface area contributed by atoms with Gasteiger partial charge in [0.25, 0.3) is 0 Å². The molecule has 3 heteroatoms. The maximum Gasteiger partial charge on any atom is 0.0474 e. The number of anilines is 1. The van der Waals surface area contributed by atoms with Crippen LogP contribution in [0.15, 0.2) is 24.3 Å². The Morgan fingerprint density at radius 1 is 1.06 bits per heavy atom. The van der Waals surface area contributed by atoms with E-state index in [9.17, 15) is 0 Å². The summed E-state index contributed by atoms with van der Waals surface area (Å²) < 4.78 is 0. The minimum absolute atomic E-state index is 0.602. The van der Waals surface area contributed by atoms with Crippen molar-refractivity contribution in [2.45, 2.75) is 19.2 Å². The van der Waals surface area contributed by atoms with E-state index >= 15 is 0 Å². The summed E-state index contributed by atoms with van der Waals surface area (Å²) in [6.45, 7) is 8.13. The minimum Gasteiger partial charge on any atom is -0.369 e. The molecule has 0 spiro atoms. The molecule has 1 heterocycles. The van der Waals surface area contributed by atoms with Crippen LogP contribution in [0.3, 0.4) is 0 Å². The minimum atomic E-state index is 0.602. The average Bonchev–Trinajstić information content (AvgIpc) is 2.40. The fraction of sp³-hybridized carbons (Fsp3) is 0.571. The van der Waals surface area contributed by atoms with E-state index in [0.717, 1.165) is 13.1 Å². The molecular formula is C14H21ClN2. The summed E-state index contributed by atoms with van der Waals surface area (Å²) in [7, 11) is 0. The Morgan fingerprint density at radius 3 is 2.24 bits per heavy atom. The highest BCUT2D eigenvalue weighted by Crippen LogP contribution is 2.18. The lowest BCUT2D eigenvalue weighted by atomic mass is 10.2. The van der Waals surface area contributed by atoms with E-state index in [0.29, 0.717) is 5.88 Å². The van der Waals surface area contributed by atoms with Crippen LogP contribution in [0.1, 0.15) is 18.9 Å². The Kier molecular flexibility index (Phi) is 4.69. The largest absolute Gasteiger partial charge is 0.369 e. The molecule has 1 aromatic carbocycles. The van der Waals surface area contributed by atoms with E-state index < -0.39 is 0 Å². The number of halogens is 1. The van der Waals surface area contributed by atoms with Crippen molar-refractivity contribution in [1.82, 2.24) is 4.90 Å². The van der Waals surface area contributed by atoms with Gasteiger partial charge in [0.1, 0.15) is 0 Å². The van der Waals surface area contributed by atoms with Crippen LogP contribution in [0.5, 0.6) is 0 Å². The standard InChI is InChI=1S/C14H21ClN2/c1-2-7-16-8-10-17(11-9-16)14-5-3-13(12-15)4-6-14/h3-6H,2,7-12H2,1H3. The highest BCUT2D eigenvalue weighted by molar-refractivity contribution is 6.17. The van der Waals surface area contributed by atoms with Gasteiger partial charge >= 0.3 is 0 Å². The summed E-state index contributed by atoms with van der Waals surface area (Å²) in [5.41, 5.74) is 2.52. The van der Waals surface area contributed by atoms with Gasteiger partial charge in [-0.25, -0.2) is 0 Å². The van der Waals surface area contributed by atoms with Gasteiger partial charge in [0.2, 0.25) is 0 Å². The van der Waals surface area contributed by atoms with Crippen molar-refractivity contribution in [2.24, 2.45) is 0 Å². The van der Waals surface area contributed by atoms with Gasteiger partial charge in [-0.1, -0.05) is 19.1 Å². The molecule has 0 N–H and O–H groups in total. The molecule has 1 aliphatic heterocycles. The molecule has 0 radical (unpaired) electrons. The monoisotopic (exact) mass is 252 g/mol. The van der Waals surface area contributed by atoms with Crippen LogP contribution in [0.4, 0.5) is 5.69 Å². The van der Waals surface area contributed by atoms with Crippen molar-refractivity contribution in [3.63, 3.8) is 0 Å². The summed E-state index contributed by atoms with van der Waals surface area (Å²) >= 11 is 5.80. The lowest BCUT2D eigenvalue weighted by Gasteiger charge is -2.36. The second-order valence-electron chi connectivity index (χ2n) is 4.63. The summed E-state index contributed by atoms with van der Waals surface area (Å²) in [4.78, 5) is 5.01. The molecule has 0 saturated carbocycles. The fourth-order valence-electron chi connectivity index (χ4n) is 2.34. The SMILES string of the molecule is CCCN1CCN(c2ccc(CCl)cc2)CC1.